The molecule has 28 heavy (non-hydrogen) atoms. The number of halogens is 3. The second kappa shape index (κ2) is 7.44. The van der Waals surface area contributed by atoms with E-state index in [-0.39, 0.29) is 5.82 Å². The highest BCUT2D eigenvalue weighted by atomic mass is 127. The summed E-state index contributed by atoms with van der Waals surface area (Å²) in [6.45, 7) is 0. The molecule has 146 valence electrons. The van der Waals surface area contributed by atoms with Gasteiger partial charge in [0.05, 0.1) is 23.8 Å². The second-order valence-corrected chi connectivity index (χ2v) is 9.49. The number of hydrogen-bond donors (Lipinski definition) is 1. The lowest BCUT2D eigenvalue weighted by Crippen LogP contribution is -2.40. The molecule has 3 fully saturated rings. The Morgan fingerprint density at radius 2 is 1.93 bits per heavy atom. The van der Waals surface area contributed by atoms with Crippen LogP contribution in [0, 0.1) is 23.5 Å². The minimum absolute atomic E-state index is 0.322. The minimum atomic E-state index is -0.399. The van der Waals surface area contributed by atoms with Crippen molar-refractivity contribution in [2.24, 2.45) is 11.8 Å². The average Bonchev–Trinajstić information content (AvgIpc) is 3.08. The molecule has 3 aliphatic rings. The minimum Gasteiger partial charge on any atom is -0.380 e. The summed E-state index contributed by atoms with van der Waals surface area (Å²) >= 11 is 2.15. The van der Waals surface area contributed by atoms with Crippen LogP contribution in [0.1, 0.15) is 32.1 Å². The third kappa shape index (κ3) is 3.28. The van der Waals surface area contributed by atoms with E-state index in [0.29, 0.717) is 34.4 Å². The van der Waals surface area contributed by atoms with Gasteiger partial charge < -0.3 is 5.32 Å². The largest absolute Gasteiger partial charge is 0.380 e. The van der Waals surface area contributed by atoms with Crippen LogP contribution >= 0.6 is 30.3 Å². The summed E-state index contributed by atoms with van der Waals surface area (Å²) in [5.41, 5.74) is 2.52. The Hall–Kier alpha value is -1.42. The van der Waals surface area contributed by atoms with Crippen molar-refractivity contribution in [2.45, 2.75) is 38.1 Å². The maximum atomic E-state index is 14.5. The first-order chi connectivity index (χ1) is 13.6. The van der Waals surface area contributed by atoms with Crippen LogP contribution in [0.25, 0.3) is 22.3 Å². The molecular weight excluding hydrogens is 493 g/mol. The van der Waals surface area contributed by atoms with Crippen LogP contribution in [-0.4, -0.2) is 20.0 Å². The van der Waals surface area contributed by atoms with E-state index >= 15 is 0 Å². The molecule has 3 aromatic rings. The summed E-state index contributed by atoms with van der Waals surface area (Å²) in [6, 6.07) is 3.53. The number of fused-ring (bicyclic) bond motifs is 4. The molecule has 1 unspecified atom stereocenters. The van der Waals surface area contributed by atoms with Crippen molar-refractivity contribution in [3.05, 3.63) is 42.4 Å². The highest BCUT2D eigenvalue weighted by Crippen LogP contribution is 2.43. The number of aromatic nitrogens is 3. The highest BCUT2D eigenvalue weighted by Gasteiger charge is 2.35. The highest BCUT2D eigenvalue weighted by molar-refractivity contribution is 14.2. The molecule has 0 aliphatic heterocycles. The topological polar surface area (TPSA) is 42.7 Å². The van der Waals surface area contributed by atoms with E-state index in [1.807, 2.05) is 10.2 Å². The smallest absolute Gasteiger partial charge is 0.164 e. The normalized spacial score (nSPS) is 24.0. The van der Waals surface area contributed by atoms with E-state index < -0.39 is 5.82 Å². The van der Waals surface area contributed by atoms with Crippen LogP contribution in [0.4, 0.5) is 14.5 Å². The maximum absolute atomic E-state index is 14.5. The van der Waals surface area contributed by atoms with E-state index in [2.05, 4.69) is 36.5 Å². The van der Waals surface area contributed by atoms with Gasteiger partial charge in [-0.3, -0.25) is 8.96 Å². The number of pyridine rings is 2. The van der Waals surface area contributed by atoms with E-state index in [1.165, 1.54) is 53.3 Å². The number of nitrogens with one attached hydrogen (secondary N) is 1. The van der Waals surface area contributed by atoms with Gasteiger partial charge in [0.25, 0.3) is 0 Å². The van der Waals surface area contributed by atoms with Gasteiger partial charge in [0.2, 0.25) is 0 Å². The van der Waals surface area contributed by atoms with Gasteiger partial charge in [-0.1, -0.05) is 12.8 Å². The van der Waals surface area contributed by atoms with Crippen molar-refractivity contribution in [2.75, 3.05) is 5.32 Å². The Labute approximate surface area is 178 Å². The van der Waals surface area contributed by atoms with Gasteiger partial charge in [-0.05, 0) is 43.2 Å². The van der Waals surface area contributed by atoms with Crippen LogP contribution in [0.2, 0.25) is 0 Å². The Balaban J connectivity index is 1.53. The lowest BCUT2D eigenvalue weighted by molar-refractivity contribution is 0.157. The summed E-state index contributed by atoms with van der Waals surface area (Å²) in [7, 11) is 1.45. The molecule has 0 saturated heterocycles. The summed E-state index contributed by atoms with van der Waals surface area (Å²) in [4.78, 5) is 8.49. The monoisotopic (exact) mass is 512 g/mol. The number of hydrogen-bond acceptors (Lipinski definition) is 4. The first-order valence-corrected chi connectivity index (χ1v) is 12.8. The zero-order chi connectivity index (χ0) is 19.3. The first kappa shape index (κ1) is 18.6. The third-order valence-corrected chi connectivity index (χ3v) is 7.87. The second-order valence-electron chi connectivity index (χ2n) is 7.78. The van der Waals surface area contributed by atoms with Crippen molar-refractivity contribution >= 4 is 47.0 Å². The molecule has 3 aliphatic carbocycles. The predicted molar refractivity (Wildman–Crippen MR) is 117 cm³/mol. The van der Waals surface area contributed by atoms with Crippen LogP contribution in [0.5, 0.6) is 0 Å². The van der Waals surface area contributed by atoms with Crippen molar-refractivity contribution in [3.63, 3.8) is 0 Å². The van der Waals surface area contributed by atoms with Crippen LogP contribution in [-0.2, 0) is 0 Å². The lowest BCUT2D eigenvalue weighted by atomic mass is 9.68. The standard InChI is InChI=1S/C20H19F2IN4S/c21-13-6-14-15(10-27(28-23)20(14)25-8-13)18-7-19(16(22)9-24-18)26-17-5-11-1-3-12(17)4-2-11/h6-12,17H,1-5H2,(H,24,26). The van der Waals surface area contributed by atoms with Crippen molar-refractivity contribution in [3.8, 4) is 11.3 Å². The quantitative estimate of drug-likeness (QED) is 0.422. The Morgan fingerprint density at radius 1 is 1.11 bits per heavy atom. The fourth-order valence-corrected chi connectivity index (χ4v) is 6.02. The fourth-order valence-electron chi connectivity index (χ4n) is 4.76. The summed E-state index contributed by atoms with van der Waals surface area (Å²) < 4.78 is 30.2. The van der Waals surface area contributed by atoms with Gasteiger partial charge in [-0.25, -0.2) is 13.8 Å². The molecule has 3 heterocycles. The van der Waals surface area contributed by atoms with Gasteiger partial charge in [0.15, 0.2) is 11.5 Å². The molecule has 3 aromatic heterocycles. The molecule has 2 bridgehead atoms. The zero-order valence-corrected chi connectivity index (χ0v) is 18.0. The van der Waals surface area contributed by atoms with Crippen molar-refractivity contribution < 1.29 is 8.78 Å². The molecule has 0 radical (unpaired) electrons. The molecule has 0 aromatic carbocycles. The Kier molecular flexibility index (Phi) is 4.94. The van der Waals surface area contributed by atoms with Gasteiger partial charge in [-0.2, -0.15) is 0 Å². The van der Waals surface area contributed by atoms with Gasteiger partial charge in [0.1, 0.15) is 5.82 Å². The van der Waals surface area contributed by atoms with E-state index in [9.17, 15) is 8.78 Å². The van der Waals surface area contributed by atoms with E-state index in [4.69, 9.17) is 0 Å². The Morgan fingerprint density at radius 3 is 2.64 bits per heavy atom. The average molecular weight is 512 g/mol. The first-order valence-electron chi connectivity index (χ1n) is 9.50. The number of nitrogens with zero attached hydrogens (tertiary/aromatic N) is 3. The molecular formula is C20H19F2IN4S. The summed E-state index contributed by atoms with van der Waals surface area (Å²) in [5.74, 6) is 0.640. The number of anilines is 1. The lowest BCUT2D eigenvalue weighted by Gasteiger charge is -2.43. The van der Waals surface area contributed by atoms with Crippen molar-refractivity contribution in [1.82, 2.24) is 13.9 Å². The Bertz CT molecular complexity index is 1030. The van der Waals surface area contributed by atoms with Gasteiger partial charge in [-0.15, -0.1) is 0 Å². The molecule has 1 atom stereocenters. The maximum Gasteiger partial charge on any atom is 0.164 e. The van der Waals surface area contributed by atoms with Gasteiger partial charge >= 0.3 is 0 Å². The van der Waals surface area contributed by atoms with Crippen molar-refractivity contribution in [1.29, 1.82) is 0 Å². The van der Waals surface area contributed by atoms with Crippen LogP contribution in [0.15, 0.2) is 30.7 Å². The molecule has 3 saturated carbocycles. The number of rotatable bonds is 4. The zero-order valence-electron chi connectivity index (χ0n) is 15.0. The summed E-state index contributed by atoms with van der Waals surface area (Å²) in [5, 5.41) is 4.12. The SMILES string of the molecule is Fc1cnc2c(c1)c(-c1cc(NC3CC4CCC3CC4)c(F)cn1)cn2SI. The van der Waals surface area contributed by atoms with Crippen LogP contribution in [0.3, 0.4) is 0 Å². The molecule has 8 heteroatoms. The third-order valence-electron chi connectivity index (χ3n) is 6.17. The molecule has 6 rings (SSSR count). The molecule has 4 nitrogen and oxygen atoms in total. The molecule has 1 N–H and O–H groups in total. The predicted octanol–water partition coefficient (Wildman–Crippen LogP) is 6.21. The van der Waals surface area contributed by atoms with Gasteiger partial charge in [0, 0.05) is 53.5 Å². The molecule has 0 spiro atoms. The summed E-state index contributed by atoms with van der Waals surface area (Å²) in [6.07, 6.45) is 10.5. The molecule has 0 amide bonds. The van der Waals surface area contributed by atoms with E-state index in [1.54, 1.807) is 6.07 Å². The van der Waals surface area contributed by atoms with Crippen LogP contribution < -0.4 is 5.32 Å². The van der Waals surface area contributed by atoms with E-state index in [0.717, 1.165) is 17.9 Å². The fraction of sp³-hybridized carbons (Fsp3) is 0.400.